The molecule has 0 atom stereocenters. The summed E-state index contributed by atoms with van der Waals surface area (Å²) in [4.78, 5) is 0. The van der Waals surface area contributed by atoms with Gasteiger partial charge < -0.3 is 24.1 Å². The summed E-state index contributed by atoms with van der Waals surface area (Å²) in [7, 11) is 3.35. The molecule has 0 amide bonds. The Kier molecular flexibility index (Phi) is 10.2. The summed E-state index contributed by atoms with van der Waals surface area (Å²) in [6, 6.07) is 16.0. The van der Waals surface area contributed by atoms with Gasteiger partial charge in [0.25, 0.3) is 0 Å². The molecule has 34 heavy (non-hydrogen) atoms. The van der Waals surface area contributed by atoms with Gasteiger partial charge in [-0.2, -0.15) is 0 Å². The second kappa shape index (κ2) is 13.1. The van der Waals surface area contributed by atoms with E-state index in [1.165, 1.54) is 31.2 Å². The van der Waals surface area contributed by atoms with E-state index >= 15 is 0 Å². The molecule has 5 heteroatoms. The zero-order chi connectivity index (χ0) is 24.3. The average Bonchev–Trinajstić information content (AvgIpc) is 3.83. The van der Waals surface area contributed by atoms with E-state index < -0.39 is 0 Å². The summed E-state index contributed by atoms with van der Waals surface area (Å²) in [6.45, 7) is 5.55. The SMILES string of the molecule is CCC1(CCOCc2ccc(OC)cc2)CC1.COc1ccc(COCCC2(CO)CC2)cc1. The van der Waals surface area contributed by atoms with Gasteiger partial charge in [0.15, 0.2) is 0 Å². The van der Waals surface area contributed by atoms with Crippen molar-refractivity contribution in [1.29, 1.82) is 0 Å². The molecular formula is C29H42O5. The Morgan fingerprint density at radius 3 is 1.41 bits per heavy atom. The fourth-order valence-corrected chi connectivity index (χ4v) is 4.02. The lowest BCUT2D eigenvalue weighted by Gasteiger charge is -2.12. The predicted molar refractivity (Wildman–Crippen MR) is 135 cm³/mol. The van der Waals surface area contributed by atoms with Gasteiger partial charge in [0.1, 0.15) is 11.5 Å². The molecule has 2 aliphatic carbocycles. The Bertz CT molecular complexity index is 751. The molecule has 5 nitrogen and oxygen atoms in total. The lowest BCUT2D eigenvalue weighted by atomic mass is 10.0. The van der Waals surface area contributed by atoms with Crippen LogP contribution in [0.3, 0.4) is 0 Å². The summed E-state index contributed by atoms with van der Waals surface area (Å²) < 4.78 is 21.6. The van der Waals surface area contributed by atoms with Crippen LogP contribution in [0.25, 0.3) is 0 Å². The summed E-state index contributed by atoms with van der Waals surface area (Å²) in [6.07, 6.45) is 8.59. The molecule has 0 radical (unpaired) electrons. The minimum atomic E-state index is 0.194. The van der Waals surface area contributed by atoms with Crippen LogP contribution < -0.4 is 9.47 Å². The second-order valence-electron chi connectivity index (χ2n) is 9.81. The van der Waals surface area contributed by atoms with Gasteiger partial charge in [0.2, 0.25) is 0 Å². The van der Waals surface area contributed by atoms with Crippen molar-refractivity contribution in [3.8, 4) is 11.5 Å². The van der Waals surface area contributed by atoms with Gasteiger partial charge in [0, 0.05) is 19.8 Å². The highest BCUT2D eigenvalue weighted by atomic mass is 16.5. The lowest BCUT2D eigenvalue weighted by molar-refractivity contribution is 0.0892. The number of methoxy groups -OCH3 is 2. The van der Waals surface area contributed by atoms with Crippen LogP contribution in [0.1, 0.15) is 63.0 Å². The molecule has 2 fully saturated rings. The van der Waals surface area contributed by atoms with Gasteiger partial charge in [0.05, 0.1) is 27.4 Å². The van der Waals surface area contributed by atoms with E-state index in [2.05, 4.69) is 19.1 Å². The Labute approximate surface area is 205 Å². The molecule has 0 aliphatic heterocycles. The number of rotatable bonds is 14. The molecular weight excluding hydrogens is 428 g/mol. The Morgan fingerprint density at radius 2 is 1.09 bits per heavy atom. The van der Waals surface area contributed by atoms with Crippen LogP contribution >= 0.6 is 0 Å². The summed E-state index contributed by atoms with van der Waals surface area (Å²) in [5, 5.41) is 9.16. The lowest BCUT2D eigenvalue weighted by Crippen LogP contribution is -2.10. The molecule has 1 N–H and O–H groups in total. The number of benzene rings is 2. The van der Waals surface area contributed by atoms with Crippen molar-refractivity contribution in [2.45, 2.75) is 65.1 Å². The van der Waals surface area contributed by atoms with Crippen LogP contribution in [-0.2, 0) is 22.7 Å². The topological polar surface area (TPSA) is 57.2 Å². The molecule has 188 valence electrons. The molecule has 4 rings (SSSR count). The molecule has 2 aliphatic rings. The fraction of sp³-hybridized carbons (Fsp3) is 0.586. The van der Waals surface area contributed by atoms with Crippen LogP contribution in [0.2, 0.25) is 0 Å². The third-order valence-corrected chi connectivity index (χ3v) is 7.41. The second-order valence-corrected chi connectivity index (χ2v) is 9.81. The van der Waals surface area contributed by atoms with E-state index in [0.717, 1.165) is 49.5 Å². The third-order valence-electron chi connectivity index (χ3n) is 7.41. The first kappa shape index (κ1) is 26.5. The smallest absolute Gasteiger partial charge is 0.118 e. The summed E-state index contributed by atoms with van der Waals surface area (Å²) in [5.41, 5.74) is 3.20. The van der Waals surface area contributed by atoms with E-state index in [9.17, 15) is 0 Å². The molecule has 2 aromatic rings. The fourth-order valence-electron chi connectivity index (χ4n) is 4.02. The molecule has 2 aromatic carbocycles. The maximum Gasteiger partial charge on any atom is 0.118 e. The van der Waals surface area contributed by atoms with Crippen LogP contribution in [0.4, 0.5) is 0 Å². The third kappa shape index (κ3) is 8.61. The van der Waals surface area contributed by atoms with Crippen LogP contribution in [0, 0.1) is 10.8 Å². The minimum absolute atomic E-state index is 0.194. The minimum Gasteiger partial charge on any atom is -0.497 e. The number of ether oxygens (including phenoxy) is 4. The van der Waals surface area contributed by atoms with E-state index in [0.29, 0.717) is 25.2 Å². The Hall–Kier alpha value is -2.08. The molecule has 0 aromatic heterocycles. The predicted octanol–water partition coefficient (Wildman–Crippen LogP) is 6.17. The van der Waals surface area contributed by atoms with Gasteiger partial charge in [-0.25, -0.2) is 0 Å². The van der Waals surface area contributed by atoms with Gasteiger partial charge in [-0.15, -0.1) is 0 Å². The first-order valence-corrected chi connectivity index (χ1v) is 12.6. The monoisotopic (exact) mass is 470 g/mol. The van der Waals surface area contributed by atoms with Gasteiger partial charge in [-0.3, -0.25) is 0 Å². The van der Waals surface area contributed by atoms with Gasteiger partial charge in [-0.05, 0) is 84.7 Å². The molecule has 2 saturated carbocycles. The van der Waals surface area contributed by atoms with E-state index in [-0.39, 0.29) is 5.41 Å². The summed E-state index contributed by atoms with van der Waals surface area (Å²) in [5.74, 6) is 1.77. The van der Waals surface area contributed by atoms with Crippen molar-refractivity contribution in [3.05, 3.63) is 59.7 Å². The Balaban J connectivity index is 0.000000191. The standard InChI is InChI=1S/C15H22O2.C14H20O3/c1-3-15(8-9-15)10-11-17-12-13-4-6-14(16-2)7-5-13;1-16-13-4-2-12(3-5-13)10-17-9-8-14(11-15)6-7-14/h4-7H,3,8-12H2,1-2H3;2-5,15H,6-11H2,1H3. The first-order chi connectivity index (χ1) is 16.6. The van der Waals surface area contributed by atoms with Crippen molar-refractivity contribution in [2.75, 3.05) is 34.0 Å². The first-order valence-electron chi connectivity index (χ1n) is 12.6. The Morgan fingerprint density at radius 1 is 0.676 bits per heavy atom. The van der Waals surface area contributed by atoms with E-state index in [1.54, 1.807) is 14.2 Å². The maximum absolute atomic E-state index is 9.16. The number of hydrogen-bond acceptors (Lipinski definition) is 5. The van der Waals surface area contributed by atoms with Crippen molar-refractivity contribution in [2.24, 2.45) is 10.8 Å². The highest BCUT2D eigenvalue weighted by Crippen LogP contribution is 2.51. The summed E-state index contributed by atoms with van der Waals surface area (Å²) >= 11 is 0. The quantitative estimate of drug-likeness (QED) is 0.335. The molecule has 0 unspecified atom stereocenters. The molecule has 0 spiro atoms. The highest BCUT2D eigenvalue weighted by Gasteiger charge is 2.41. The normalized spacial score (nSPS) is 16.8. The van der Waals surface area contributed by atoms with Crippen molar-refractivity contribution >= 4 is 0 Å². The zero-order valence-corrected chi connectivity index (χ0v) is 21.2. The van der Waals surface area contributed by atoms with Crippen LogP contribution in [0.5, 0.6) is 11.5 Å². The molecule has 0 saturated heterocycles. The number of aliphatic hydroxyl groups is 1. The van der Waals surface area contributed by atoms with Crippen LogP contribution in [-0.4, -0.2) is 39.1 Å². The largest absolute Gasteiger partial charge is 0.497 e. The zero-order valence-electron chi connectivity index (χ0n) is 21.2. The van der Waals surface area contributed by atoms with E-state index in [1.807, 2.05) is 36.4 Å². The average molecular weight is 471 g/mol. The molecule has 0 heterocycles. The van der Waals surface area contributed by atoms with Crippen molar-refractivity contribution in [3.63, 3.8) is 0 Å². The van der Waals surface area contributed by atoms with Gasteiger partial charge in [-0.1, -0.05) is 37.6 Å². The maximum atomic E-state index is 9.16. The van der Waals surface area contributed by atoms with Gasteiger partial charge >= 0.3 is 0 Å². The van der Waals surface area contributed by atoms with E-state index in [4.69, 9.17) is 24.1 Å². The van der Waals surface area contributed by atoms with Crippen molar-refractivity contribution in [1.82, 2.24) is 0 Å². The number of hydrogen-bond donors (Lipinski definition) is 1. The highest BCUT2D eigenvalue weighted by molar-refractivity contribution is 5.27. The van der Waals surface area contributed by atoms with Crippen LogP contribution in [0.15, 0.2) is 48.5 Å². The van der Waals surface area contributed by atoms with Crippen molar-refractivity contribution < 1.29 is 24.1 Å². The number of aliphatic hydroxyl groups excluding tert-OH is 1. The molecule has 0 bridgehead atoms.